The molecule has 2 rings (SSSR count). The van der Waals surface area contributed by atoms with Crippen LogP contribution in [0.4, 0.5) is 0 Å². The van der Waals surface area contributed by atoms with Crippen LogP contribution in [-0.2, 0) is 13.6 Å². The van der Waals surface area contributed by atoms with Crippen molar-refractivity contribution in [2.75, 3.05) is 7.05 Å². The van der Waals surface area contributed by atoms with Gasteiger partial charge in [-0.25, -0.2) is 5.84 Å². The zero-order chi connectivity index (χ0) is 15.4. The number of aryl methyl sites for hydroxylation is 2. The molecular formula is C17H22N4. The van der Waals surface area contributed by atoms with E-state index in [0.717, 1.165) is 12.2 Å². The zero-order valence-electron chi connectivity index (χ0n) is 12.8. The van der Waals surface area contributed by atoms with Crippen molar-refractivity contribution in [3.05, 3.63) is 59.6 Å². The molecule has 0 aliphatic heterocycles. The van der Waals surface area contributed by atoms with Gasteiger partial charge >= 0.3 is 0 Å². The number of hydrogen-bond acceptors (Lipinski definition) is 3. The molecule has 0 radical (unpaired) electrons. The predicted octanol–water partition coefficient (Wildman–Crippen LogP) is 2.31. The lowest BCUT2D eigenvalue weighted by Crippen LogP contribution is -2.22. The summed E-state index contributed by atoms with van der Waals surface area (Å²) in [6.45, 7) is 6.54. The minimum absolute atomic E-state index is 0.695. The molecule has 0 saturated heterocycles. The molecule has 0 unspecified atom stereocenters. The second-order valence-corrected chi connectivity index (χ2v) is 5.07. The Morgan fingerprint density at radius 2 is 2.00 bits per heavy atom. The molecule has 0 aliphatic rings. The van der Waals surface area contributed by atoms with Gasteiger partial charge in [0.15, 0.2) is 0 Å². The topological polar surface area (TPSA) is 55.0 Å². The number of nitrogens with one attached hydrogen (secondary N) is 2. The smallest absolute Gasteiger partial charge is 0.115 e. The van der Waals surface area contributed by atoms with E-state index in [-0.39, 0.29) is 0 Å². The number of nitrogens with zero attached hydrogens (tertiary/aromatic N) is 1. The summed E-state index contributed by atoms with van der Waals surface area (Å²) in [6, 6.07) is 8.52. The Bertz CT molecular complexity index is 674. The minimum Gasteiger partial charge on any atom is -0.348 e. The highest BCUT2D eigenvalue weighted by molar-refractivity contribution is 5.76. The van der Waals surface area contributed by atoms with Gasteiger partial charge in [0.25, 0.3) is 0 Å². The fourth-order valence-electron chi connectivity index (χ4n) is 2.54. The van der Waals surface area contributed by atoms with Crippen molar-refractivity contribution in [2.24, 2.45) is 12.9 Å². The summed E-state index contributed by atoms with van der Waals surface area (Å²) in [5.41, 5.74) is 12.0. The molecule has 0 atom stereocenters. The van der Waals surface area contributed by atoms with E-state index in [4.69, 9.17) is 5.84 Å². The standard InChI is InChI=1S/C17H22N4/c1-5-16(20-18)17-14(10-19-3)15(11-21(17)4)13-8-6-12(2)7-9-13/h6-9,11,19-20H,1,10,18H2,2-4H3. The van der Waals surface area contributed by atoms with Gasteiger partial charge in [-0.2, -0.15) is 0 Å². The first-order valence-electron chi connectivity index (χ1n) is 6.89. The molecule has 0 fully saturated rings. The van der Waals surface area contributed by atoms with Gasteiger partial charge in [-0.05, 0) is 19.5 Å². The van der Waals surface area contributed by atoms with Crippen LogP contribution >= 0.6 is 0 Å². The summed E-state index contributed by atoms with van der Waals surface area (Å²) in [7, 11) is 3.93. The van der Waals surface area contributed by atoms with Crippen LogP contribution in [-0.4, -0.2) is 11.6 Å². The van der Waals surface area contributed by atoms with E-state index in [0.29, 0.717) is 5.70 Å². The Morgan fingerprint density at radius 1 is 1.33 bits per heavy atom. The number of hydrogen-bond donors (Lipinski definition) is 3. The molecule has 21 heavy (non-hydrogen) atoms. The third-order valence-electron chi connectivity index (χ3n) is 3.56. The Labute approximate surface area is 125 Å². The van der Waals surface area contributed by atoms with E-state index in [1.807, 2.05) is 14.1 Å². The maximum atomic E-state index is 5.59. The highest BCUT2D eigenvalue weighted by atomic mass is 15.2. The highest BCUT2D eigenvalue weighted by Gasteiger charge is 2.17. The second-order valence-electron chi connectivity index (χ2n) is 5.07. The van der Waals surface area contributed by atoms with Crippen LogP contribution < -0.4 is 16.6 Å². The van der Waals surface area contributed by atoms with Gasteiger partial charge in [-0.1, -0.05) is 42.1 Å². The van der Waals surface area contributed by atoms with Crippen LogP contribution in [0.15, 0.2) is 42.8 Å². The van der Waals surface area contributed by atoms with Crippen LogP contribution in [0.2, 0.25) is 0 Å². The fourth-order valence-corrected chi connectivity index (χ4v) is 2.54. The summed E-state index contributed by atoms with van der Waals surface area (Å²) < 4.78 is 2.05. The van der Waals surface area contributed by atoms with Gasteiger partial charge in [0, 0.05) is 30.9 Å². The highest BCUT2D eigenvalue weighted by Crippen LogP contribution is 2.30. The second kappa shape index (κ2) is 6.46. The molecule has 0 spiro atoms. The van der Waals surface area contributed by atoms with E-state index in [2.05, 4.69) is 65.0 Å². The van der Waals surface area contributed by atoms with E-state index in [9.17, 15) is 0 Å². The van der Waals surface area contributed by atoms with E-state index >= 15 is 0 Å². The molecule has 2 aromatic rings. The molecule has 1 heterocycles. The van der Waals surface area contributed by atoms with Crippen molar-refractivity contribution < 1.29 is 0 Å². The Kier molecular flexibility index (Phi) is 4.66. The maximum absolute atomic E-state index is 5.59. The predicted molar refractivity (Wildman–Crippen MR) is 88.2 cm³/mol. The molecule has 0 aliphatic carbocycles. The van der Waals surface area contributed by atoms with Crippen molar-refractivity contribution in [1.82, 2.24) is 15.3 Å². The van der Waals surface area contributed by atoms with Crippen molar-refractivity contribution in [1.29, 1.82) is 0 Å². The average molecular weight is 282 g/mol. The summed E-state index contributed by atoms with van der Waals surface area (Å²) in [5, 5.41) is 3.22. The van der Waals surface area contributed by atoms with Gasteiger partial charge in [0.05, 0.1) is 5.69 Å². The minimum atomic E-state index is 0.695. The molecule has 110 valence electrons. The third kappa shape index (κ3) is 2.93. The van der Waals surface area contributed by atoms with Crippen molar-refractivity contribution >= 4 is 5.70 Å². The zero-order valence-corrected chi connectivity index (χ0v) is 12.8. The van der Waals surface area contributed by atoms with Crippen LogP contribution in [0.1, 0.15) is 16.8 Å². The van der Waals surface area contributed by atoms with Crippen molar-refractivity contribution in [2.45, 2.75) is 13.5 Å². The lowest BCUT2D eigenvalue weighted by atomic mass is 10.0. The van der Waals surface area contributed by atoms with Gasteiger partial charge in [0.1, 0.15) is 5.70 Å². The number of hydrazine groups is 1. The van der Waals surface area contributed by atoms with Gasteiger partial charge < -0.3 is 15.3 Å². The van der Waals surface area contributed by atoms with Crippen molar-refractivity contribution in [3.63, 3.8) is 0 Å². The molecule has 4 N–H and O–H groups in total. The first-order valence-corrected chi connectivity index (χ1v) is 6.89. The Hall–Kier alpha value is -2.26. The first kappa shape index (κ1) is 15.1. The molecule has 4 nitrogen and oxygen atoms in total. The quantitative estimate of drug-likeness (QED) is 0.448. The molecule has 1 aromatic carbocycles. The summed E-state index contributed by atoms with van der Waals surface area (Å²) >= 11 is 0. The largest absolute Gasteiger partial charge is 0.348 e. The van der Waals surface area contributed by atoms with Gasteiger partial charge in [-0.15, -0.1) is 0 Å². The third-order valence-corrected chi connectivity index (χ3v) is 3.56. The van der Waals surface area contributed by atoms with Crippen molar-refractivity contribution in [3.8, 4) is 11.1 Å². The molecule has 1 aromatic heterocycles. The van der Waals surface area contributed by atoms with E-state index in [1.165, 1.54) is 22.3 Å². The number of aromatic nitrogens is 1. The van der Waals surface area contributed by atoms with E-state index in [1.54, 1.807) is 0 Å². The van der Waals surface area contributed by atoms with Gasteiger partial charge in [-0.3, -0.25) is 0 Å². The summed E-state index contributed by atoms with van der Waals surface area (Å²) in [5.74, 6) is 5.59. The van der Waals surface area contributed by atoms with E-state index < -0.39 is 0 Å². The summed E-state index contributed by atoms with van der Waals surface area (Å²) in [4.78, 5) is 0. The molecule has 0 saturated carbocycles. The molecule has 4 heteroatoms. The number of benzene rings is 1. The Balaban J connectivity index is 2.64. The number of rotatable bonds is 5. The van der Waals surface area contributed by atoms with Crippen LogP contribution in [0.25, 0.3) is 16.8 Å². The molecular weight excluding hydrogens is 260 g/mol. The monoisotopic (exact) mass is 282 g/mol. The fraction of sp³-hybridized carbons (Fsp3) is 0.235. The SMILES string of the molecule is C=C=C(NN)c1c(CNC)c(-c2ccc(C)cc2)cn1C. The van der Waals surface area contributed by atoms with Crippen LogP contribution in [0, 0.1) is 6.92 Å². The van der Waals surface area contributed by atoms with Crippen LogP contribution in [0.5, 0.6) is 0 Å². The normalized spacial score (nSPS) is 10.3. The maximum Gasteiger partial charge on any atom is 0.115 e. The van der Waals surface area contributed by atoms with Crippen LogP contribution in [0.3, 0.4) is 0 Å². The Morgan fingerprint density at radius 3 is 2.52 bits per heavy atom. The lowest BCUT2D eigenvalue weighted by Gasteiger charge is -2.10. The average Bonchev–Trinajstić information content (AvgIpc) is 2.79. The summed E-state index contributed by atoms with van der Waals surface area (Å²) in [6.07, 6.45) is 2.11. The molecule has 0 bridgehead atoms. The number of nitrogens with two attached hydrogens (primary N) is 1. The first-order chi connectivity index (χ1) is 10.1. The lowest BCUT2D eigenvalue weighted by molar-refractivity contribution is 0.799. The van der Waals surface area contributed by atoms with Gasteiger partial charge in [0.2, 0.25) is 0 Å². The molecule has 0 amide bonds.